The summed E-state index contributed by atoms with van der Waals surface area (Å²) in [5.74, 6) is -0.0790. The van der Waals surface area contributed by atoms with E-state index in [9.17, 15) is 4.79 Å². The van der Waals surface area contributed by atoms with E-state index in [1.165, 1.54) is 0 Å². The van der Waals surface area contributed by atoms with Gasteiger partial charge in [0.05, 0.1) is 23.9 Å². The molecule has 3 rings (SSSR count). The number of carbonyl (C=O) groups is 1. The first kappa shape index (κ1) is 14.3. The molecule has 1 aromatic heterocycles. The molecule has 0 unspecified atom stereocenters. The van der Waals surface area contributed by atoms with Crippen molar-refractivity contribution in [2.45, 2.75) is 31.0 Å². The van der Waals surface area contributed by atoms with Crippen molar-refractivity contribution in [2.75, 3.05) is 13.2 Å². The van der Waals surface area contributed by atoms with Crippen LogP contribution >= 0.6 is 12.4 Å². The number of fused-ring (bicyclic) bond motifs is 1. The predicted octanol–water partition coefficient (Wildman–Crippen LogP) is 0.0911. The third-order valence-corrected chi connectivity index (χ3v) is 3.65. The Balaban J connectivity index is 0.00000133. The van der Waals surface area contributed by atoms with E-state index in [0.29, 0.717) is 11.6 Å². The van der Waals surface area contributed by atoms with Crippen molar-refractivity contribution in [1.82, 2.24) is 20.4 Å². The van der Waals surface area contributed by atoms with Gasteiger partial charge >= 0.3 is 0 Å². The number of carbonyl (C=O) groups excluding carboxylic acids is 1. The van der Waals surface area contributed by atoms with Gasteiger partial charge in [0.1, 0.15) is 0 Å². The van der Waals surface area contributed by atoms with Crippen LogP contribution in [0.15, 0.2) is 12.4 Å². The van der Waals surface area contributed by atoms with Crippen molar-refractivity contribution in [3.8, 4) is 0 Å². The fourth-order valence-electron chi connectivity index (χ4n) is 2.74. The molecule has 2 fully saturated rings. The minimum Gasteiger partial charge on any atom is -0.374 e. The number of hydrogen-bond donors (Lipinski definition) is 2. The third kappa shape index (κ3) is 2.91. The number of halogens is 1. The molecule has 0 aromatic carbocycles. The average Bonchev–Trinajstić information content (AvgIpc) is 2.97. The van der Waals surface area contributed by atoms with E-state index in [1.807, 2.05) is 0 Å². The first-order valence-electron chi connectivity index (χ1n) is 6.38. The molecule has 2 aliphatic rings. The fraction of sp³-hybridized carbons (Fsp3) is 0.667. The van der Waals surface area contributed by atoms with Crippen LogP contribution in [0.1, 0.15) is 23.2 Å². The summed E-state index contributed by atoms with van der Waals surface area (Å²) in [6.07, 6.45) is 5.63. The van der Waals surface area contributed by atoms with Crippen molar-refractivity contribution >= 4 is 18.3 Å². The number of amides is 1. The van der Waals surface area contributed by atoms with Crippen molar-refractivity contribution < 1.29 is 9.53 Å². The van der Waals surface area contributed by atoms with Gasteiger partial charge in [-0.15, -0.1) is 12.4 Å². The molecule has 3 atom stereocenters. The van der Waals surface area contributed by atoms with Gasteiger partial charge in [-0.1, -0.05) is 0 Å². The van der Waals surface area contributed by atoms with Gasteiger partial charge in [-0.05, 0) is 12.8 Å². The largest absolute Gasteiger partial charge is 0.374 e. The molecular formula is C12H19ClN4O2. The first-order chi connectivity index (χ1) is 8.74. The Kier molecular flexibility index (Phi) is 4.44. The maximum Gasteiger partial charge on any atom is 0.254 e. The van der Waals surface area contributed by atoms with Gasteiger partial charge < -0.3 is 15.4 Å². The lowest BCUT2D eigenvalue weighted by Crippen LogP contribution is -2.47. The molecule has 2 aliphatic heterocycles. The Morgan fingerprint density at radius 3 is 3.21 bits per heavy atom. The minimum absolute atomic E-state index is 0. The van der Waals surface area contributed by atoms with Gasteiger partial charge in [0.25, 0.3) is 5.91 Å². The van der Waals surface area contributed by atoms with Crippen LogP contribution in [0.3, 0.4) is 0 Å². The van der Waals surface area contributed by atoms with E-state index in [0.717, 1.165) is 26.0 Å². The average molecular weight is 287 g/mol. The van der Waals surface area contributed by atoms with E-state index >= 15 is 0 Å². The maximum atomic E-state index is 12.0. The maximum absolute atomic E-state index is 12.0. The smallest absolute Gasteiger partial charge is 0.254 e. The number of nitrogens with one attached hydrogen (secondary N) is 2. The number of nitrogens with zero attached hydrogens (tertiary/aromatic N) is 2. The highest BCUT2D eigenvalue weighted by molar-refractivity contribution is 5.93. The second kappa shape index (κ2) is 5.90. The van der Waals surface area contributed by atoms with Gasteiger partial charge in [-0.3, -0.25) is 9.48 Å². The lowest BCUT2D eigenvalue weighted by atomic mass is 10.0. The second-order valence-corrected chi connectivity index (χ2v) is 4.98. The van der Waals surface area contributed by atoms with Crippen LogP contribution in [0.25, 0.3) is 0 Å². The Hall–Kier alpha value is -1.11. The molecule has 0 aliphatic carbocycles. The zero-order valence-corrected chi connectivity index (χ0v) is 11.7. The van der Waals surface area contributed by atoms with Crippen LogP contribution in [0, 0.1) is 0 Å². The summed E-state index contributed by atoms with van der Waals surface area (Å²) in [5, 5.41) is 10.4. The standard InChI is InChI=1S/C12H18N4O2.ClH/c1-16-7-8(5-14-16)12(17)15-10-6-13-9-3-2-4-18-11(9)10;/h5,7,9-11,13H,2-4,6H2,1H3,(H,15,17);1H/t9-,10-,11+;/m1./s1. The van der Waals surface area contributed by atoms with Crippen LogP contribution in [-0.4, -0.2) is 47.0 Å². The molecule has 0 spiro atoms. The van der Waals surface area contributed by atoms with Crippen LogP contribution in [0.2, 0.25) is 0 Å². The highest BCUT2D eigenvalue weighted by atomic mass is 35.5. The number of aryl methyl sites for hydroxylation is 1. The number of hydrogen-bond acceptors (Lipinski definition) is 4. The quantitative estimate of drug-likeness (QED) is 0.809. The normalized spacial score (nSPS) is 29.4. The van der Waals surface area contributed by atoms with Crippen LogP contribution in [0.4, 0.5) is 0 Å². The number of aromatic nitrogens is 2. The van der Waals surface area contributed by atoms with E-state index in [4.69, 9.17) is 4.74 Å². The lowest BCUT2D eigenvalue weighted by molar-refractivity contribution is -0.00214. The number of rotatable bonds is 2. The van der Waals surface area contributed by atoms with Gasteiger partial charge in [-0.2, -0.15) is 5.10 Å². The Labute approximate surface area is 118 Å². The van der Waals surface area contributed by atoms with Gasteiger partial charge in [0.2, 0.25) is 0 Å². The highest BCUT2D eigenvalue weighted by Crippen LogP contribution is 2.21. The Bertz CT molecular complexity index is 451. The third-order valence-electron chi connectivity index (χ3n) is 3.65. The monoisotopic (exact) mass is 286 g/mol. The molecular weight excluding hydrogens is 268 g/mol. The number of ether oxygens (including phenoxy) is 1. The lowest BCUT2D eigenvalue weighted by Gasteiger charge is -2.29. The summed E-state index contributed by atoms with van der Waals surface area (Å²) in [7, 11) is 1.80. The molecule has 2 N–H and O–H groups in total. The summed E-state index contributed by atoms with van der Waals surface area (Å²) in [4.78, 5) is 12.0. The molecule has 106 valence electrons. The molecule has 0 bridgehead atoms. The van der Waals surface area contributed by atoms with Crippen molar-refractivity contribution in [3.63, 3.8) is 0 Å². The molecule has 0 saturated carbocycles. The molecule has 7 heteroatoms. The summed E-state index contributed by atoms with van der Waals surface area (Å²) < 4.78 is 7.39. The van der Waals surface area contributed by atoms with Gasteiger partial charge in [0, 0.05) is 32.4 Å². The first-order valence-corrected chi connectivity index (χ1v) is 6.38. The summed E-state index contributed by atoms with van der Waals surface area (Å²) in [6, 6.07) is 0.445. The fourth-order valence-corrected chi connectivity index (χ4v) is 2.74. The van der Waals surface area contributed by atoms with Gasteiger partial charge in [-0.25, -0.2) is 0 Å². The molecule has 3 heterocycles. The van der Waals surface area contributed by atoms with Crippen molar-refractivity contribution in [1.29, 1.82) is 0 Å². The molecule has 0 radical (unpaired) electrons. The Morgan fingerprint density at radius 1 is 1.63 bits per heavy atom. The van der Waals surface area contributed by atoms with Crippen LogP contribution in [-0.2, 0) is 11.8 Å². The molecule has 2 saturated heterocycles. The van der Waals surface area contributed by atoms with Gasteiger partial charge in [0.15, 0.2) is 0 Å². The summed E-state index contributed by atoms with van der Waals surface area (Å²) in [5.41, 5.74) is 0.594. The molecule has 1 aromatic rings. The Morgan fingerprint density at radius 2 is 2.47 bits per heavy atom. The second-order valence-electron chi connectivity index (χ2n) is 4.98. The van der Waals surface area contributed by atoms with E-state index in [1.54, 1.807) is 24.1 Å². The topological polar surface area (TPSA) is 68.2 Å². The zero-order chi connectivity index (χ0) is 12.5. The zero-order valence-electron chi connectivity index (χ0n) is 10.8. The molecule has 19 heavy (non-hydrogen) atoms. The summed E-state index contributed by atoms with van der Waals surface area (Å²) >= 11 is 0. The summed E-state index contributed by atoms with van der Waals surface area (Å²) in [6.45, 7) is 1.57. The molecule has 1 amide bonds. The van der Waals surface area contributed by atoms with E-state index in [2.05, 4.69) is 15.7 Å². The van der Waals surface area contributed by atoms with E-state index in [-0.39, 0.29) is 30.5 Å². The van der Waals surface area contributed by atoms with Crippen molar-refractivity contribution in [2.24, 2.45) is 7.05 Å². The van der Waals surface area contributed by atoms with Crippen LogP contribution in [0.5, 0.6) is 0 Å². The SMILES string of the molecule is Cl.Cn1cc(C(=O)N[C@@H]2CN[C@@H]3CCCO[C@@H]32)cn1. The molecule has 6 nitrogen and oxygen atoms in total. The highest BCUT2D eigenvalue weighted by Gasteiger charge is 2.39. The van der Waals surface area contributed by atoms with E-state index < -0.39 is 0 Å². The van der Waals surface area contributed by atoms with Crippen molar-refractivity contribution in [3.05, 3.63) is 18.0 Å². The minimum atomic E-state index is -0.0790. The predicted molar refractivity (Wildman–Crippen MR) is 72.5 cm³/mol. The van der Waals surface area contributed by atoms with Crippen LogP contribution < -0.4 is 10.6 Å².